The van der Waals surface area contributed by atoms with Crippen molar-refractivity contribution < 1.29 is 9.90 Å². The largest absolute Gasteiger partial charge is 0.393 e. The van der Waals surface area contributed by atoms with E-state index < -0.39 is 0 Å². The molecule has 0 aliphatic heterocycles. The van der Waals surface area contributed by atoms with Crippen molar-refractivity contribution in [3.8, 4) is 0 Å². The van der Waals surface area contributed by atoms with Gasteiger partial charge in [-0.15, -0.1) is 0 Å². The fourth-order valence-corrected chi connectivity index (χ4v) is 3.01. The monoisotopic (exact) mass is 262 g/mol. The Morgan fingerprint density at radius 2 is 2.26 bits per heavy atom. The molecule has 2 aliphatic rings. The second-order valence-electron chi connectivity index (χ2n) is 5.91. The molecule has 1 aromatic rings. The standard InChI is InChI=1S/C15H22N2O2/c1-2-13(10-8-12(18)9-10)16-15(19)14-4-3-7-17(14)11-5-6-11/h3-4,7,10-13,18H,2,5-6,8-9H2,1H3,(H,16,19)/t10?,12?,13-/m0/s1. The molecular weight excluding hydrogens is 240 g/mol. The van der Waals surface area contributed by atoms with Crippen molar-refractivity contribution in [3.63, 3.8) is 0 Å². The third-order valence-electron chi connectivity index (χ3n) is 4.43. The number of nitrogens with zero attached hydrogens (tertiary/aromatic N) is 1. The zero-order chi connectivity index (χ0) is 13.4. The number of carbonyl (C=O) groups is 1. The predicted molar refractivity (Wildman–Crippen MR) is 73.0 cm³/mol. The minimum Gasteiger partial charge on any atom is -0.393 e. The topological polar surface area (TPSA) is 54.3 Å². The minimum atomic E-state index is -0.161. The van der Waals surface area contributed by atoms with E-state index in [1.54, 1.807) is 0 Å². The van der Waals surface area contributed by atoms with Crippen molar-refractivity contribution in [1.82, 2.24) is 9.88 Å². The van der Waals surface area contributed by atoms with Gasteiger partial charge in [0.25, 0.3) is 5.91 Å². The highest BCUT2D eigenvalue weighted by molar-refractivity contribution is 5.93. The molecule has 19 heavy (non-hydrogen) atoms. The molecule has 104 valence electrons. The van der Waals surface area contributed by atoms with Gasteiger partial charge in [0, 0.05) is 18.3 Å². The molecule has 2 aliphatic carbocycles. The van der Waals surface area contributed by atoms with Gasteiger partial charge in [0.2, 0.25) is 0 Å². The second-order valence-corrected chi connectivity index (χ2v) is 5.91. The number of aliphatic hydroxyl groups excluding tert-OH is 1. The minimum absolute atomic E-state index is 0.0325. The van der Waals surface area contributed by atoms with Crippen LogP contribution in [-0.2, 0) is 0 Å². The van der Waals surface area contributed by atoms with Gasteiger partial charge in [0.15, 0.2) is 0 Å². The lowest BCUT2D eigenvalue weighted by molar-refractivity contribution is 0.0231. The molecule has 3 rings (SSSR count). The Kier molecular flexibility index (Phi) is 3.35. The lowest BCUT2D eigenvalue weighted by Gasteiger charge is -2.37. The molecule has 0 radical (unpaired) electrons. The van der Waals surface area contributed by atoms with Crippen LogP contribution in [0.1, 0.15) is 55.6 Å². The average molecular weight is 262 g/mol. The van der Waals surface area contributed by atoms with Gasteiger partial charge in [0.05, 0.1) is 6.10 Å². The normalized spacial score (nSPS) is 27.7. The first-order chi connectivity index (χ1) is 9.19. The molecular formula is C15H22N2O2. The third-order valence-corrected chi connectivity index (χ3v) is 4.43. The first-order valence-corrected chi connectivity index (χ1v) is 7.34. The summed E-state index contributed by atoms with van der Waals surface area (Å²) in [7, 11) is 0. The molecule has 0 aromatic carbocycles. The lowest BCUT2D eigenvalue weighted by atomic mass is 9.76. The molecule has 2 fully saturated rings. The number of carbonyl (C=O) groups excluding carboxylic acids is 1. The fourth-order valence-electron chi connectivity index (χ4n) is 3.01. The summed E-state index contributed by atoms with van der Waals surface area (Å²) in [6.45, 7) is 2.09. The van der Waals surface area contributed by atoms with E-state index in [0.717, 1.165) is 25.0 Å². The van der Waals surface area contributed by atoms with Crippen molar-refractivity contribution in [1.29, 1.82) is 0 Å². The molecule has 0 spiro atoms. The van der Waals surface area contributed by atoms with Gasteiger partial charge in [-0.05, 0) is 50.2 Å². The molecule has 2 N–H and O–H groups in total. The Bertz CT molecular complexity index is 458. The summed E-state index contributed by atoms with van der Waals surface area (Å²) < 4.78 is 2.09. The summed E-state index contributed by atoms with van der Waals surface area (Å²) in [6, 6.07) is 4.57. The molecule has 2 saturated carbocycles. The van der Waals surface area contributed by atoms with Crippen molar-refractivity contribution in [2.45, 2.75) is 57.2 Å². The number of aliphatic hydroxyl groups is 1. The Labute approximate surface area is 113 Å². The number of nitrogens with one attached hydrogen (secondary N) is 1. The second kappa shape index (κ2) is 5.00. The smallest absolute Gasteiger partial charge is 0.268 e. The van der Waals surface area contributed by atoms with Crippen molar-refractivity contribution in [2.75, 3.05) is 0 Å². The van der Waals surface area contributed by atoms with Gasteiger partial charge in [-0.25, -0.2) is 0 Å². The number of hydrogen-bond donors (Lipinski definition) is 2. The maximum Gasteiger partial charge on any atom is 0.268 e. The maximum absolute atomic E-state index is 12.4. The Morgan fingerprint density at radius 1 is 1.53 bits per heavy atom. The van der Waals surface area contributed by atoms with Crippen LogP contribution in [-0.4, -0.2) is 27.7 Å². The number of amides is 1. The SMILES string of the molecule is CC[C@H](NC(=O)c1cccn1C1CC1)C1CC(O)C1. The van der Waals surface area contributed by atoms with Crippen LogP contribution in [0, 0.1) is 5.92 Å². The van der Waals surface area contributed by atoms with Crippen LogP contribution in [0.4, 0.5) is 0 Å². The Hall–Kier alpha value is -1.29. The summed E-state index contributed by atoms with van der Waals surface area (Å²) in [5.74, 6) is 0.471. The van der Waals surface area contributed by atoms with Gasteiger partial charge in [-0.1, -0.05) is 6.92 Å². The average Bonchev–Trinajstić information content (AvgIpc) is 3.09. The van der Waals surface area contributed by atoms with Crippen LogP contribution in [0.5, 0.6) is 0 Å². The zero-order valence-corrected chi connectivity index (χ0v) is 11.4. The first kappa shape index (κ1) is 12.7. The summed E-state index contributed by atoms with van der Waals surface area (Å²) in [5.41, 5.74) is 0.779. The van der Waals surface area contributed by atoms with E-state index in [2.05, 4.69) is 16.8 Å². The van der Waals surface area contributed by atoms with Crippen LogP contribution < -0.4 is 5.32 Å². The van der Waals surface area contributed by atoms with Crippen LogP contribution in [0.15, 0.2) is 18.3 Å². The van der Waals surface area contributed by atoms with Crippen LogP contribution in [0.25, 0.3) is 0 Å². The van der Waals surface area contributed by atoms with E-state index in [1.165, 1.54) is 12.8 Å². The summed E-state index contributed by atoms with van der Waals surface area (Å²) >= 11 is 0. The quantitative estimate of drug-likeness (QED) is 0.854. The summed E-state index contributed by atoms with van der Waals surface area (Å²) in [4.78, 5) is 12.4. The fraction of sp³-hybridized carbons (Fsp3) is 0.667. The van der Waals surface area contributed by atoms with E-state index in [0.29, 0.717) is 12.0 Å². The number of rotatable bonds is 5. The van der Waals surface area contributed by atoms with E-state index in [-0.39, 0.29) is 18.1 Å². The maximum atomic E-state index is 12.4. The lowest BCUT2D eigenvalue weighted by Crippen LogP contribution is -2.47. The highest BCUT2D eigenvalue weighted by Gasteiger charge is 2.34. The van der Waals surface area contributed by atoms with Crippen LogP contribution >= 0.6 is 0 Å². The van der Waals surface area contributed by atoms with Gasteiger partial charge in [0.1, 0.15) is 5.69 Å². The number of aromatic nitrogens is 1. The molecule has 4 heteroatoms. The van der Waals surface area contributed by atoms with Gasteiger partial charge in [-0.2, -0.15) is 0 Å². The van der Waals surface area contributed by atoms with Crippen LogP contribution in [0.2, 0.25) is 0 Å². The highest BCUT2D eigenvalue weighted by atomic mass is 16.3. The molecule has 1 heterocycles. The molecule has 1 amide bonds. The van der Waals surface area contributed by atoms with E-state index in [4.69, 9.17) is 0 Å². The third kappa shape index (κ3) is 2.54. The first-order valence-electron chi connectivity index (χ1n) is 7.34. The van der Waals surface area contributed by atoms with Crippen LogP contribution in [0.3, 0.4) is 0 Å². The Morgan fingerprint density at radius 3 is 2.84 bits per heavy atom. The highest BCUT2D eigenvalue weighted by Crippen LogP contribution is 2.36. The molecule has 0 saturated heterocycles. The van der Waals surface area contributed by atoms with Gasteiger partial charge in [-0.3, -0.25) is 4.79 Å². The number of hydrogen-bond acceptors (Lipinski definition) is 2. The van der Waals surface area contributed by atoms with E-state index in [9.17, 15) is 9.90 Å². The summed E-state index contributed by atoms with van der Waals surface area (Å²) in [6.07, 6.45) is 6.77. The van der Waals surface area contributed by atoms with Gasteiger partial charge < -0.3 is 15.0 Å². The van der Waals surface area contributed by atoms with Crippen molar-refractivity contribution in [3.05, 3.63) is 24.0 Å². The van der Waals surface area contributed by atoms with Crippen molar-refractivity contribution in [2.24, 2.45) is 5.92 Å². The Balaban J connectivity index is 1.64. The molecule has 0 unspecified atom stereocenters. The summed E-state index contributed by atoms with van der Waals surface area (Å²) in [5, 5.41) is 12.5. The molecule has 1 atom stereocenters. The predicted octanol–water partition coefficient (Wildman–Crippen LogP) is 2.10. The molecule has 4 nitrogen and oxygen atoms in total. The van der Waals surface area contributed by atoms with E-state index in [1.807, 2.05) is 18.3 Å². The van der Waals surface area contributed by atoms with Gasteiger partial charge >= 0.3 is 0 Å². The molecule has 0 bridgehead atoms. The van der Waals surface area contributed by atoms with E-state index >= 15 is 0 Å². The van der Waals surface area contributed by atoms with Crippen molar-refractivity contribution >= 4 is 5.91 Å². The molecule has 1 aromatic heterocycles. The zero-order valence-electron chi connectivity index (χ0n) is 11.4.